The first kappa shape index (κ1) is 10.7. The minimum atomic E-state index is -0.796. The van der Waals surface area contributed by atoms with Gasteiger partial charge >= 0.3 is 0 Å². The van der Waals surface area contributed by atoms with E-state index in [9.17, 15) is 10.1 Å². The molecule has 1 aromatic rings. The summed E-state index contributed by atoms with van der Waals surface area (Å²) in [7, 11) is 1.50. The number of methoxy groups -OCH3 is 1. The average Bonchev–Trinajstić information content (AvgIpc) is 2.83. The van der Waals surface area contributed by atoms with Gasteiger partial charge in [0.25, 0.3) is 5.09 Å². The van der Waals surface area contributed by atoms with Crippen LogP contribution in [0.1, 0.15) is 24.6 Å². The predicted octanol–water partition coefficient (Wildman–Crippen LogP) is -0.331. The van der Waals surface area contributed by atoms with E-state index >= 15 is 0 Å². The Labute approximate surface area is 90.2 Å². The average molecular weight is 229 g/mol. The smallest absolute Gasteiger partial charge is 0.294 e. The maximum atomic E-state index is 10.3. The highest BCUT2D eigenvalue weighted by molar-refractivity contribution is 5.00. The van der Waals surface area contributed by atoms with Gasteiger partial charge in [0.2, 0.25) is 0 Å². The highest BCUT2D eigenvalue weighted by Crippen LogP contribution is 2.35. The van der Waals surface area contributed by atoms with Gasteiger partial charge < -0.3 is 9.57 Å². The van der Waals surface area contributed by atoms with E-state index in [4.69, 9.17) is 4.74 Å². The monoisotopic (exact) mass is 229 g/mol. The van der Waals surface area contributed by atoms with Crippen LogP contribution in [0.25, 0.3) is 0 Å². The summed E-state index contributed by atoms with van der Waals surface area (Å²) in [6.45, 7) is 0. The van der Waals surface area contributed by atoms with Gasteiger partial charge in [-0.1, -0.05) is 5.21 Å². The largest absolute Gasteiger partial charge is 0.379 e. The molecule has 0 amide bonds. The Morgan fingerprint density at radius 1 is 1.50 bits per heavy atom. The first-order valence-corrected chi connectivity index (χ1v) is 4.78. The highest BCUT2D eigenvalue weighted by atomic mass is 17.0. The van der Waals surface area contributed by atoms with Crippen molar-refractivity contribution in [2.24, 2.45) is 0 Å². The minimum Gasteiger partial charge on any atom is -0.379 e. The number of nitrogens with one attached hydrogen (secondary N) is 1. The molecule has 0 bridgehead atoms. The molecule has 1 aliphatic rings. The molecule has 88 valence electrons. The Morgan fingerprint density at radius 2 is 2.25 bits per heavy atom. The van der Waals surface area contributed by atoms with Crippen molar-refractivity contribution < 1.29 is 14.7 Å². The fourth-order valence-corrected chi connectivity index (χ4v) is 1.98. The van der Waals surface area contributed by atoms with Crippen LogP contribution in [0.15, 0.2) is 0 Å². The Kier molecular flexibility index (Phi) is 2.95. The molecule has 0 aliphatic heterocycles. The Morgan fingerprint density at radius 3 is 2.81 bits per heavy atom. The van der Waals surface area contributed by atoms with Crippen molar-refractivity contribution >= 4 is 0 Å². The van der Waals surface area contributed by atoms with Gasteiger partial charge in [-0.05, 0) is 12.8 Å². The van der Waals surface area contributed by atoms with Crippen LogP contribution < -0.4 is 0 Å². The van der Waals surface area contributed by atoms with Gasteiger partial charge in [-0.2, -0.15) is 5.21 Å². The highest BCUT2D eigenvalue weighted by Gasteiger charge is 2.39. The quantitative estimate of drug-likeness (QED) is 0.554. The summed E-state index contributed by atoms with van der Waals surface area (Å²) in [5, 5.41) is 23.0. The van der Waals surface area contributed by atoms with Gasteiger partial charge in [0.15, 0.2) is 5.82 Å². The van der Waals surface area contributed by atoms with E-state index in [1.54, 1.807) is 0 Å². The zero-order chi connectivity index (χ0) is 11.5. The lowest BCUT2D eigenvalue weighted by atomic mass is 10.1. The molecule has 0 radical (unpaired) electrons. The normalized spacial score (nSPS) is 29.2. The van der Waals surface area contributed by atoms with Gasteiger partial charge in [0.1, 0.15) is 6.10 Å². The summed E-state index contributed by atoms with van der Waals surface area (Å²) in [5.41, 5.74) is 0. The topological polar surface area (TPSA) is 116 Å². The molecule has 2 rings (SSSR count). The Balaban J connectivity index is 2.04. The summed E-state index contributed by atoms with van der Waals surface area (Å²) in [4.78, 5) is 14.8. The Bertz CT molecular complexity index is 356. The molecule has 1 fully saturated rings. The molecular weight excluding hydrogens is 218 g/mol. The van der Waals surface area contributed by atoms with Crippen LogP contribution in [-0.4, -0.2) is 45.0 Å². The van der Waals surface area contributed by atoms with Gasteiger partial charge in [0, 0.05) is 13.0 Å². The molecule has 1 N–H and O–H groups in total. The molecule has 0 saturated heterocycles. The molecule has 9 heteroatoms. The summed E-state index contributed by atoms with van der Waals surface area (Å²) < 4.78 is 5.14. The number of ether oxygens (including phenoxy) is 1. The number of nitrogens with zero attached hydrogens (tertiary/aromatic N) is 4. The van der Waals surface area contributed by atoms with Crippen LogP contribution in [0.4, 0.5) is 0 Å². The number of hydrogen-bond donors (Lipinski definition) is 1. The first-order chi connectivity index (χ1) is 7.70. The lowest BCUT2D eigenvalue weighted by Crippen LogP contribution is -2.27. The van der Waals surface area contributed by atoms with Crippen LogP contribution in [0.3, 0.4) is 0 Å². The van der Waals surface area contributed by atoms with Crippen LogP contribution in [0.2, 0.25) is 0 Å². The number of hydrogen-bond acceptors (Lipinski definition) is 7. The number of aromatic amines is 1. The fraction of sp³-hybridized carbons (Fsp3) is 0.857. The lowest BCUT2D eigenvalue weighted by molar-refractivity contribution is -0.770. The second-order valence-electron chi connectivity index (χ2n) is 3.58. The molecule has 16 heavy (non-hydrogen) atoms. The van der Waals surface area contributed by atoms with E-state index in [1.807, 2.05) is 0 Å². The number of aromatic nitrogens is 4. The lowest BCUT2D eigenvalue weighted by Gasteiger charge is -2.14. The standard InChI is InChI=1S/C7H11N5O4/c1-15-5-2-4(7-8-10-11-9-7)3-6(5)16-12(13)14/h4-6H,2-3H2,1H3,(H,8,9,10,11)/t4-,5?,6?/m0/s1. The molecule has 2 unspecified atom stereocenters. The van der Waals surface area contributed by atoms with E-state index < -0.39 is 11.2 Å². The van der Waals surface area contributed by atoms with Gasteiger partial charge in [-0.3, -0.25) is 0 Å². The summed E-state index contributed by atoms with van der Waals surface area (Å²) >= 11 is 0. The third-order valence-electron chi connectivity index (χ3n) is 2.70. The molecule has 1 heterocycles. The molecule has 0 aromatic carbocycles. The van der Waals surface area contributed by atoms with Crippen molar-refractivity contribution in [3.63, 3.8) is 0 Å². The van der Waals surface area contributed by atoms with E-state index in [2.05, 4.69) is 25.5 Å². The Hall–Kier alpha value is -1.77. The summed E-state index contributed by atoms with van der Waals surface area (Å²) in [6, 6.07) is 0. The third kappa shape index (κ3) is 2.08. The third-order valence-corrected chi connectivity index (χ3v) is 2.70. The van der Waals surface area contributed by atoms with Gasteiger partial charge in [-0.25, -0.2) is 0 Å². The molecule has 3 atom stereocenters. The second kappa shape index (κ2) is 4.39. The molecular formula is C7H11N5O4. The van der Waals surface area contributed by atoms with Crippen molar-refractivity contribution in [2.45, 2.75) is 31.0 Å². The SMILES string of the molecule is COC1C[C@H](c2nn[nH]n2)CC1O[N+](=O)[O-]. The maximum absolute atomic E-state index is 10.3. The summed E-state index contributed by atoms with van der Waals surface area (Å²) in [5.74, 6) is 0.519. The molecule has 9 nitrogen and oxygen atoms in total. The molecule has 1 saturated carbocycles. The maximum Gasteiger partial charge on any atom is 0.294 e. The fourth-order valence-electron chi connectivity index (χ4n) is 1.98. The second-order valence-corrected chi connectivity index (χ2v) is 3.58. The zero-order valence-electron chi connectivity index (χ0n) is 8.57. The van der Waals surface area contributed by atoms with Crippen LogP contribution in [0.5, 0.6) is 0 Å². The predicted molar refractivity (Wildman–Crippen MR) is 48.8 cm³/mol. The van der Waals surface area contributed by atoms with E-state index in [1.165, 1.54) is 7.11 Å². The van der Waals surface area contributed by atoms with Crippen LogP contribution in [0, 0.1) is 10.1 Å². The van der Waals surface area contributed by atoms with E-state index in [-0.39, 0.29) is 12.0 Å². The number of H-pyrrole nitrogens is 1. The van der Waals surface area contributed by atoms with Crippen molar-refractivity contribution in [1.29, 1.82) is 0 Å². The van der Waals surface area contributed by atoms with Crippen molar-refractivity contribution in [1.82, 2.24) is 20.6 Å². The van der Waals surface area contributed by atoms with Crippen LogP contribution in [-0.2, 0) is 9.57 Å². The summed E-state index contributed by atoms with van der Waals surface area (Å²) in [6.07, 6.45) is 0.172. The molecule has 1 aromatic heterocycles. The van der Waals surface area contributed by atoms with Crippen molar-refractivity contribution in [3.05, 3.63) is 15.9 Å². The van der Waals surface area contributed by atoms with Crippen molar-refractivity contribution in [3.8, 4) is 0 Å². The first-order valence-electron chi connectivity index (χ1n) is 4.78. The van der Waals surface area contributed by atoms with Crippen molar-refractivity contribution in [2.75, 3.05) is 7.11 Å². The number of tetrazole rings is 1. The molecule has 1 aliphatic carbocycles. The van der Waals surface area contributed by atoms with E-state index in [0.29, 0.717) is 18.7 Å². The van der Waals surface area contributed by atoms with Gasteiger partial charge in [0.05, 0.1) is 6.10 Å². The minimum absolute atomic E-state index is 0.0198. The number of rotatable bonds is 4. The van der Waals surface area contributed by atoms with E-state index in [0.717, 1.165) is 0 Å². The van der Waals surface area contributed by atoms with Gasteiger partial charge in [-0.15, -0.1) is 20.3 Å². The van der Waals surface area contributed by atoms with Crippen LogP contribution >= 0.6 is 0 Å². The molecule has 0 spiro atoms. The zero-order valence-corrected chi connectivity index (χ0v) is 8.57.